The average molecular weight is 542 g/mol. The number of benzene rings is 1. The van der Waals surface area contributed by atoms with Gasteiger partial charge in [-0.15, -0.1) is 0 Å². The van der Waals surface area contributed by atoms with Crippen molar-refractivity contribution in [3.8, 4) is 5.75 Å². The fourth-order valence-corrected chi connectivity index (χ4v) is 3.60. The summed E-state index contributed by atoms with van der Waals surface area (Å²) in [6.07, 6.45) is 0. The Bertz CT molecular complexity index is 1270. The Morgan fingerprint density at radius 1 is 0.821 bits per heavy atom. The van der Waals surface area contributed by atoms with Crippen LogP contribution in [0.1, 0.15) is 71.5 Å². The number of methoxy groups -OCH3 is 2. The maximum Gasteiger partial charge on any atom is 0.494 e. The molecule has 1 aliphatic rings. The fraction of sp³-hybridized carbons (Fsp3) is 0.429. The number of carbonyl (C=O) groups is 2. The highest BCUT2D eigenvalue weighted by atomic mass is 16.7. The second-order valence-electron chi connectivity index (χ2n) is 9.97. The van der Waals surface area contributed by atoms with Crippen molar-refractivity contribution in [2.45, 2.75) is 66.0 Å². The van der Waals surface area contributed by atoms with Crippen LogP contribution >= 0.6 is 0 Å². The molecule has 0 saturated carbocycles. The third kappa shape index (κ3) is 6.92. The Kier molecular flexibility index (Phi) is 9.32. The van der Waals surface area contributed by atoms with E-state index in [1.807, 2.05) is 52.0 Å². The Hall–Kier alpha value is -3.54. The lowest BCUT2D eigenvalue weighted by atomic mass is 9.79. The van der Waals surface area contributed by atoms with Crippen molar-refractivity contribution in [3.63, 3.8) is 0 Å². The minimum atomic E-state index is -0.530. The van der Waals surface area contributed by atoms with Crippen molar-refractivity contribution >= 4 is 24.5 Å². The van der Waals surface area contributed by atoms with Gasteiger partial charge in [0.15, 0.2) is 0 Å². The number of hydrogen-bond acceptors (Lipinski definition) is 10. The topological polar surface area (TPSA) is 127 Å². The van der Waals surface area contributed by atoms with E-state index in [0.717, 1.165) is 11.0 Å². The van der Waals surface area contributed by atoms with E-state index < -0.39 is 19.1 Å². The molecular weight excluding hydrogens is 507 g/mol. The first-order valence-corrected chi connectivity index (χ1v) is 12.4. The van der Waals surface area contributed by atoms with Crippen LogP contribution in [0.2, 0.25) is 0 Å². The van der Waals surface area contributed by atoms with Crippen LogP contribution in [0.15, 0.2) is 45.2 Å². The van der Waals surface area contributed by atoms with Crippen LogP contribution in [-0.4, -0.2) is 49.6 Å². The van der Waals surface area contributed by atoms with Gasteiger partial charge in [0.25, 0.3) is 0 Å². The van der Waals surface area contributed by atoms with Crippen molar-refractivity contribution in [2.24, 2.45) is 0 Å². The first-order chi connectivity index (χ1) is 18.3. The second-order valence-corrected chi connectivity index (χ2v) is 9.97. The molecule has 0 radical (unpaired) electrons. The van der Waals surface area contributed by atoms with E-state index in [2.05, 4.69) is 9.47 Å². The number of aliphatic hydroxyl groups excluding tert-OH is 1. The van der Waals surface area contributed by atoms with Gasteiger partial charge in [-0.05, 0) is 71.3 Å². The van der Waals surface area contributed by atoms with Gasteiger partial charge in [0.1, 0.15) is 23.9 Å². The summed E-state index contributed by atoms with van der Waals surface area (Å²) in [5.74, 6) is 1.13. The SMILES string of the molecule is COC(=O)c1cc(CO)c(C)o1.COC(=O)c1cc(COc2ccc(B3OC(C)(C)C(C)(C)O3)cc2)c(C)o1. The van der Waals surface area contributed by atoms with Crippen LogP contribution in [0.3, 0.4) is 0 Å². The number of aliphatic hydroxyl groups is 1. The molecule has 0 bridgehead atoms. The Balaban J connectivity index is 0.000000293. The number of carbonyl (C=O) groups excluding carboxylic acids is 2. The molecule has 3 aromatic rings. The van der Waals surface area contributed by atoms with Gasteiger partial charge < -0.3 is 37.5 Å². The molecule has 1 aromatic carbocycles. The molecule has 39 heavy (non-hydrogen) atoms. The van der Waals surface area contributed by atoms with Crippen LogP contribution in [0.5, 0.6) is 5.75 Å². The van der Waals surface area contributed by atoms with Gasteiger partial charge in [-0.1, -0.05) is 12.1 Å². The van der Waals surface area contributed by atoms with E-state index in [9.17, 15) is 9.59 Å². The highest BCUT2D eigenvalue weighted by Gasteiger charge is 2.51. The van der Waals surface area contributed by atoms with Crippen molar-refractivity contribution in [2.75, 3.05) is 14.2 Å². The first kappa shape index (κ1) is 30.0. The summed E-state index contributed by atoms with van der Waals surface area (Å²) in [6, 6.07) is 10.7. The molecule has 3 heterocycles. The lowest BCUT2D eigenvalue weighted by molar-refractivity contribution is 0.00578. The molecule has 1 fully saturated rings. The van der Waals surface area contributed by atoms with Crippen molar-refractivity contribution in [1.82, 2.24) is 0 Å². The number of esters is 2. The normalized spacial score (nSPS) is 15.4. The van der Waals surface area contributed by atoms with E-state index >= 15 is 0 Å². The standard InChI is InChI=1S/C20H25BO6.C8H10O4/c1-13-14(11-17(25-13)18(22)23-6)12-24-16-9-7-15(8-10-16)21-26-19(2,3)20(4,5)27-21;1-5-6(4-9)3-7(12-5)8(10)11-2/h7-11H,12H2,1-6H3;3,9H,4H2,1-2H3. The molecule has 1 aliphatic heterocycles. The summed E-state index contributed by atoms with van der Waals surface area (Å²) in [5.41, 5.74) is 1.60. The molecule has 1 N–H and O–H groups in total. The van der Waals surface area contributed by atoms with Crippen molar-refractivity contribution in [1.29, 1.82) is 0 Å². The summed E-state index contributed by atoms with van der Waals surface area (Å²) in [7, 11) is 2.19. The minimum absolute atomic E-state index is 0.124. The minimum Gasteiger partial charge on any atom is -0.489 e. The van der Waals surface area contributed by atoms with Gasteiger partial charge in [-0.2, -0.15) is 0 Å². The molecule has 0 amide bonds. The molecule has 0 aliphatic carbocycles. The summed E-state index contributed by atoms with van der Waals surface area (Å²) >= 11 is 0. The summed E-state index contributed by atoms with van der Waals surface area (Å²) in [6.45, 7) is 11.7. The maximum atomic E-state index is 11.5. The monoisotopic (exact) mass is 542 g/mol. The second kappa shape index (κ2) is 12.1. The number of hydrogen-bond donors (Lipinski definition) is 1. The van der Waals surface area contributed by atoms with Crippen molar-refractivity contribution in [3.05, 3.63) is 70.6 Å². The Morgan fingerprint density at radius 3 is 1.72 bits per heavy atom. The predicted octanol–water partition coefficient (Wildman–Crippen LogP) is 4.12. The Morgan fingerprint density at radius 2 is 1.28 bits per heavy atom. The van der Waals surface area contributed by atoms with Gasteiger partial charge in [-0.3, -0.25) is 0 Å². The lowest BCUT2D eigenvalue weighted by Crippen LogP contribution is -2.41. The lowest BCUT2D eigenvalue weighted by Gasteiger charge is -2.32. The molecule has 4 rings (SSSR count). The number of furan rings is 2. The van der Waals surface area contributed by atoms with E-state index in [1.54, 1.807) is 19.9 Å². The van der Waals surface area contributed by atoms with Gasteiger partial charge in [0.05, 0.1) is 32.0 Å². The molecule has 0 unspecified atom stereocenters. The van der Waals surface area contributed by atoms with Gasteiger partial charge in [0.2, 0.25) is 11.5 Å². The molecule has 11 heteroatoms. The van der Waals surface area contributed by atoms with Gasteiger partial charge in [-0.25, -0.2) is 9.59 Å². The quantitative estimate of drug-likeness (QED) is 0.344. The third-order valence-electron chi connectivity index (χ3n) is 6.78. The highest BCUT2D eigenvalue weighted by molar-refractivity contribution is 6.62. The van der Waals surface area contributed by atoms with Crippen LogP contribution in [-0.2, 0) is 32.0 Å². The molecular formula is C28H35BO10. The molecule has 10 nitrogen and oxygen atoms in total. The predicted molar refractivity (Wildman–Crippen MR) is 142 cm³/mol. The molecule has 0 spiro atoms. The van der Waals surface area contributed by atoms with E-state index in [0.29, 0.717) is 29.4 Å². The number of ether oxygens (including phenoxy) is 3. The third-order valence-corrected chi connectivity index (χ3v) is 6.78. The molecule has 2 aromatic heterocycles. The number of rotatable bonds is 7. The average Bonchev–Trinajstić information content (AvgIpc) is 3.54. The Labute approximate surface area is 228 Å². The molecule has 0 atom stereocenters. The van der Waals surface area contributed by atoms with Crippen LogP contribution in [0.4, 0.5) is 0 Å². The summed E-state index contributed by atoms with van der Waals surface area (Å²) in [4.78, 5) is 22.4. The highest BCUT2D eigenvalue weighted by Crippen LogP contribution is 2.36. The summed E-state index contributed by atoms with van der Waals surface area (Å²) < 4.78 is 37.4. The maximum absolute atomic E-state index is 11.5. The van der Waals surface area contributed by atoms with Gasteiger partial charge in [0, 0.05) is 11.1 Å². The first-order valence-electron chi connectivity index (χ1n) is 12.4. The van der Waals surface area contributed by atoms with Crippen LogP contribution in [0, 0.1) is 13.8 Å². The van der Waals surface area contributed by atoms with E-state index in [1.165, 1.54) is 20.3 Å². The molecule has 1 saturated heterocycles. The van der Waals surface area contributed by atoms with Crippen LogP contribution in [0.25, 0.3) is 0 Å². The molecule has 210 valence electrons. The van der Waals surface area contributed by atoms with Crippen LogP contribution < -0.4 is 10.2 Å². The van der Waals surface area contributed by atoms with E-state index in [4.69, 9.17) is 28.0 Å². The fourth-order valence-electron chi connectivity index (χ4n) is 3.60. The number of aryl methyl sites for hydroxylation is 2. The smallest absolute Gasteiger partial charge is 0.489 e. The zero-order valence-electron chi connectivity index (χ0n) is 23.6. The van der Waals surface area contributed by atoms with Crippen molar-refractivity contribution < 1.29 is 47.0 Å². The van der Waals surface area contributed by atoms with E-state index in [-0.39, 0.29) is 29.3 Å². The summed E-state index contributed by atoms with van der Waals surface area (Å²) in [5, 5.41) is 8.77. The van der Waals surface area contributed by atoms with Gasteiger partial charge >= 0.3 is 19.1 Å². The largest absolute Gasteiger partial charge is 0.494 e. The zero-order valence-corrected chi connectivity index (χ0v) is 23.6. The zero-order chi connectivity index (χ0) is 29.0.